The number of carbonyl (C=O) groups excluding carboxylic acids is 3. The van der Waals surface area contributed by atoms with E-state index in [1.807, 2.05) is 36.5 Å². The quantitative estimate of drug-likeness (QED) is 0.0199. The molecule has 0 radical (unpaired) electrons. The summed E-state index contributed by atoms with van der Waals surface area (Å²) >= 11 is 0. The van der Waals surface area contributed by atoms with Crippen molar-refractivity contribution in [3.63, 3.8) is 0 Å². The number of hydrogen-bond donors (Lipinski definition) is 0. The predicted octanol–water partition coefficient (Wildman–Crippen LogP) is 16.8. The van der Waals surface area contributed by atoms with Crippen LogP contribution in [0, 0.1) is 0 Å². The van der Waals surface area contributed by atoms with E-state index in [0.717, 1.165) is 103 Å². The SMILES string of the molecule is CC/C=C\C/C=C\C/C=C\CCCCC(=O)OCC(COC(=O)CCCCCCC\C=C/C=C\C=C/C=C\C=C/CCC)OC(=O)CCCCCCCCC/C=C\CCCCCC. The van der Waals surface area contributed by atoms with Crippen LogP contribution in [0.2, 0.25) is 0 Å². The van der Waals surface area contributed by atoms with Crippen LogP contribution in [0.25, 0.3) is 0 Å². The fourth-order valence-electron chi connectivity index (χ4n) is 6.54. The maximum absolute atomic E-state index is 12.8. The Morgan fingerprint density at radius 1 is 0.349 bits per heavy atom. The molecular formula is C57H92O6. The number of ether oxygens (including phenoxy) is 3. The van der Waals surface area contributed by atoms with Gasteiger partial charge in [-0.15, -0.1) is 0 Å². The zero-order chi connectivity index (χ0) is 45.8. The summed E-state index contributed by atoms with van der Waals surface area (Å²) in [7, 11) is 0. The van der Waals surface area contributed by atoms with Gasteiger partial charge in [0, 0.05) is 19.3 Å². The van der Waals surface area contributed by atoms with E-state index in [9.17, 15) is 14.4 Å². The van der Waals surface area contributed by atoms with Crippen molar-refractivity contribution in [3.8, 4) is 0 Å². The van der Waals surface area contributed by atoms with Gasteiger partial charge in [0.15, 0.2) is 6.10 Å². The first-order chi connectivity index (χ1) is 31.0. The van der Waals surface area contributed by atoms with Crippen LogP contribution in [0.3, 0.4) is 0 Å². The largest absolute Gasteiger partial charge is 0.462 e. The minimum atomic E-state index is -0.808. The lowest BCUT2D eigenvalue weighted by Crippen LogP contribution is -2.30. The van der Waals surface area contributed by atoms with Gasteiger partial charge in [-0.25, -0.2) is 0 Å². The molecule has 6 nitrogen and oxygen atoms in total. The smallest absolute Gasteiger partial charge is 0.306 e. The molecule has 0 bridgehead atoms. The molecule has 0 saturated carbocycles. The molecule has 1 atom stereocenters. The first-order valence-corrected chi connectivity index (χ1v) is 25.5. The number of carbonyl (C=O) groups is 3. The van der Waals surface area contributed by atoms with Crippen LogP contribution >= 0.6 is 0 Å². The third-order valence-electron chi connectivity index (χ3n) is 10.3. The normalized spacial score (nSPS) is 13.0. The number of rotatable bonds is 44. The fourth-order valence-corrected chi connectivity index (χ4v) is 6.54. The van der Waals surface area contributed by atoms with Crippen molar-refractivity contribution in [1.29, 1.82) is 0 Å². The Labute approximate surface area is 387 Å². The summed E-state index contributed by atoms with van der Waals surface area (Å²) in [6, 6.07) is 0. The molecule has 0 aliphatic heterocycles. The summed E-state index contributed by atoms with van der Waals surface area (Å²) in [5.41, 5.74) is 0. The molecule has 0 aromatic heterocycles. The Balaban J connectivity index is 4.50. The molecule has 0 aliphatic rings. The lowest BCUT2D eigenvalue weighted by Gasteiger charge is -2.18. The number of esters is 3. The highest BCUT2D eigenvalue weighted by molar-refractivity contribution is 5.71. The van der Waals surface area contributed by atoms with E-state index in [1.54, 1.807) is 0 Å². The average Bonchev–Trinajstić information content (AvgIpc) is 3.28. The summed E-state index contributed by atoms with van der Waals surface area (Å²) in [4.78, 5) is 37.9. The molecule has 0 N–H and O–H groups in total. The summed E-state index contributed by atoms with van der Waals surface area (Å²) in [5, 5.41) is 0. The van der Waals surface area contributed by atoms with Gasteiger partial charge in [-0.1, -0.05) is 207 Å². The highest BCUT2D eigenvalue weighted by atomic mass is 16.6. The van der Waals surface area contributed by atoms with E-state index in [4.69, 9.17) is 14.2 Å². The number of allylic oxidation sites excluding steroid dienone is 18. The minimum Gasteiger partial charge on any atom is -0.462 e. The van der Waals surface area contributed by atoms with Crippen molar-refractivity contribution in [2.75, 3.05) is 13.2 Å². The van der Waals surface area contributed by atoms with Gasteiger partial charge < -0.3 is 14.2 Å². The lowest BCUT2D eigenvalue weighted by atomic mass is 10.1. The molecule has 0 heterocycles. The van der Waals surface area contributed by atoms with Crippen LogP contribution in [0.4, 0.5) is 0 Å². The maximum atomic E-state index is 12.8. The maximum Gasteiger partial charge on any atom is 0.306 e. The van der Waals surface area contributed by atoms with Crippen LogP contribution in [-0.4, -0.2) is 37.2 Å². The topological polar surface area (TPSA) is 78.9 Å². The Bertz CT molecular complexity index is 1330. The van der Waals surface area contributed by atoms with Crippen LogP contribution in [0.15, 0.2) is 109 Å². The molecule has 63 heavy (non-hydrogen) atoms. The summed E-state index contributed by atoms with van der Waals surface area (Å²) in [6.45, 7) is 6.34. The van der Waals surface area contributed by atoms with Crippen LogP contribution in [0.5, 0.6) is 0 Å². The van der Waals surface area contributed by atoms with Crippen molar-refractivity contribution < 1.29 is 28.6 Å². The molecule has 0 aliphatic carbocycles. The summed E-state index contributed by atoms with van der Waals surface area (Å²) in [5.74, 6) is -0.981. The molecular weight excluding hydrogens is 781 g/mol. The molecule has 0 fully saturated rings. The molecule has 6 heteroatoms. The molecule has 0 aromatic rings. The van der Waals surface area contributed by atoms with Gasteiger partial charge in [-0.2, -0.15) is 0 Å². The van der Waals surface area contributed by atoms with Gasteiger partial charge in [0.2, 0.25) is 0 Å². The highest BCUT2D eigenvalue weighted by Gasteiger charge is 2.19. The Morgan fingerprint density at radius 2 is 0.714 bits per heavy atom. The van der Waals surface area contributed by atoms with Crippen LogP contribution in [-0.2, 0) is 28.6 Å². The van der Waals surface area contributed by atoms with Gasteiger partial charge in [-0.3, -0.25) is 14.4 Å². The van der Waals surface area contributed by atoms with E-state index in [2.05, 4.69) is 93.7 Å². The second-order valence-electron chi connectivity index (χ2n) is 16.5. The minimum absolute atomic E-state index is 0.107. The predicted molar refractivity (Wildman–Crippen MR) is 270 cm³/mol. The molecule has 1 unspecified atom stereocenters. The fraction of sp³-hybridized carbons (Fsp3) is 0.632. The Kier molecular flexibility index (Phi) is 47.5. The van der Waals surface area contributed by atoms with Crippen molar-refractivity contribution >= 4 is 17.9 Å². The third-order valence-corrected chi connectivity index (χ3v) is 10.3. The van der Waals surface area contributed by atoms with Gasteiger partial charge >= 0.3 is 17.9 Å². The Morgan fingerprint density at radius 3 is 1.22 bits per heavy atom. The van der Waals surface area contributed by atoms with Gasteiger partial charge in [0.1, 0.15) is 13.2 Å². The first kappa shape index (κ1) is 59.1. The number of unbranched alkanes of at least 4 members (excludes halogenated alkanes) is 19. The van der Waals surface area contributed by atoms with E-state index >= 15 is 0 Å². The third kappa shape index (κ3) is 49.0. The van der Waals surface area contributed by atoms with E-state index in [1.165, 1.54) is 70.6 Å². The van der Waals surface area contributed by atoms with Gasteiger partial charge in [0.05, 0.1) is 0 Å². The standard InChI is InChI=1S/C57H92O6/c1-4-7-10-13-16-19-22-25-27-28-29-31-32-35-38-41-44-47-50-56(59)62-53-54(52-61-55(58)49-46-43-40-37-34-24-21-18-15-12-9-6-3)63-57(60)51-48-45-42-39-36-33-30-26-23-20-17-14-11-8-5-2/h9-10,12-13,16,18-23,25,27-29,31,34,37,54H,4-8,11,14-15,17,24,26,30,32-33,35-36,38-53H2,1-3H3/b12-9-,13-10-,19-16-,21-18-,23-20-,25-22-,28-27-,31-29-,37-34-. The summed E-state index contributed by atoms with van der Waals surface area (Å²) < 4.78 is 16.7. The van der Waals surface area contributed by atoms with E-state index in [-0.39, 0.29) is 31.1 Å². The lowest BCUT2D eigenvalue weighted by molar-refractivity contribution is -0.167. The monoisotopic (exact) mass is 873 g/mol. The van der Waals surface area contributed by atoms with Gasteiger partial charge in [-0.05, 0) is 96.3 Å². The molecule has 0 rings (SSSR count). The van der Waals surface area contributed by atoms with E-state index in [0.29, 0.717) is 19.3 Å². The Hall–Kier alpha value is -3.93. The van der Waals surface area contributed by atoms with Crippen LogP contribution in [0.1, 0.15) is 213 Å². The second kappa shape index (κ2) is 50.7. The number of hydrogen-bond acceptors (Lipinski definition) is 6. The summed E-state index contributed by atoms with van der Waals surface area (Å²) in [6.07, 6.45) is 67.8. The van der Waals surface area contributed by atoms with Crippen molar-refractivity contribution in [3.05, 3.63) is 109 Å². The van der Waals surface area contributed by atoms with E-state index < -0.39 is 6.10 Å². The zero-order valence-corrected chi connectivity index (χ0v) is 40.5. The molecule has 0 spiro atoms. The van der Waals surface area contributed by atoms with Crippen molar-refractivity contribution in [2.45, 2.75) is 219 Å². The molecule has 0 saturated heterocycles. The molecule has 0 aromatic carbocycles. The van der Waals surface area contributed by atoms with Crippen LogP contribution < -0.4 is 0 Å². The van der Waals surface area contributed by atoms with Crippen molar-refractivity contribution in [1.82, 2.24) is 0 Å². The van der Waals surface area contributed by atoms with Gasteiger partial charge in [0.25, 0.3) is 0 Å². The second-order valence-corrected chi connectivity index (χ2v) is 16.5. The first-order valence-electron chi connectivity index (χ1n) is 25.5. The average molecular weight is 873 g/mol. The molecule has 0 amide bonds. The highest BCUT2D eigenvalue weighted by Crippen LogP contribution is 2.13. The van der Waals surface area contributed by atoms with Crippen molar-refractivity contribution in [2.24, 2.45) is 0 Å². The zero-order valence-electron chi connectivity index (χ0n) is 40.5. The molecule has 356 valence electrons.